The fraction of sp³-hybridized carbons (Fsp3) is 0.269. The first-order valence-electron chi connectivity index (χ1n) is 11.3. The second-order valence-corrected chi connectivity index (χ2v) is 9.90. The second kappa shape index (κ2) is 11.2. The summed E-state index contributed by atoms with van der Waals surface area (Å²) < 4.78 is 39.3. The van der Waals surface area contributed by atoms with E-state index < -0.39 is 10.0 Å². The zero-order valence-corrected chi connectivity index (χ0v) is 19.7. The van der Waals surface area contributed by atoms with Gasteiger partial charge >= 0.3 is 0 Å². The number of carbonyl (C=O) groups is 1. The quantitative estimate of drug-likeness (QED) is 0.482. The third-order valence-corrected chi connectivity index (χ3v) is 7.38. The van der Waals surface area contributed by atoms with Crippen molar-refractivity contribution in [3.8, 4) is 11.5 Å². The lowest BCUT2D eigenvalue weighted by Crippen LogP contribution is -2.42. The van der Waals surface area contributed by atoms with Crippen molar-refractivity contribution in [3.63, 3.8) is 0 Å². The molecule has 0 aromatic heterocycles. The van der Waals surface area contributed by atoms with E-state index in [1.54, 1.807) is 6.07 Å². The van der Waals surface area contributed by atoms with Crippen LogP contribution in [0.15, 0.2) is 83.8 Å². The summed E-state index contributed by atoms with van der Waals surface area (Å²) in [7, 11) is -3.94. The number of rotatable bonds is 10. The van der Waals surface area contributed by atoms with Crippen LogP contribution in [0.4, 0.5) is 0 Å². The van der Waals surface area contributed by atoms with Gasteiger partial charge < -0.3 is 14.8 Å². The zero-order chi connectivity index (χ0) is 23.8. The van der Waals surface area contributed by atoms with E-state index in [1.807, 2.05) is 60.7 Å². The molecule has 3 aromatic rings. The number of nitrogens with zero attached hydrogens (tertiary/aromatic N) is 1. The standard InChI is InChI=1S/C26H28N2O5S/c29-26(27-15-13-21-7-3-1-4-8-21)20-28(16-14-22-9-5-2-6-10-22)34(30,31)23-11-12-24-25(19-23)33-18-17-32-24/h1-12,19H,13-18,20H2,(H,27,29). The van der Waals surface area contributed by atoms with Gasteiger partial charge in [0.25, 0.3) is 0 Å². The van der Waals surface area contributed by atoms with Crippen molar-refractivity contribution in [2.24, 2.45) is 0 Å². The molecule has 1 amide bonds. The van der Waals surface area contributed by atoms with E-state index >= 15 is 0 Å². The van der Waals surface area contributed by atoms with Crippen LogP contribution in [0.5, 0.6) is 11.5 Å². The number of hydrogen-bond acceptors (Lipinski definition) is 5. The van der Waals surface area contributed by atoms with E-state index in [-0.39, 0.29) is 23.9 Å². The first kappa shape index (κ1) is 23.8. The molecular weight excluding hydrogens is 452 g/mol. The first-order valence-corrected chi connectivity index (χ1v) is 12.7. The summed E-state index contributed by atoms with van der Waals surface area (Å²) in [5.74, 6) is 0.562. The summed E-state index contributed by atoms with van der Waals surface area (Å²) in [6.07, 6.45) is 1.16. The highest BCUT2D eigenvalue weighted by Crippen LogP contribution is 2.33. The molecule has 0 unspecified atom stereocenters. The lowest BCUT2D eigenvalue weighted by atomic mass is 10.1. The van der Waals surface area contributed by atoms with Gasteiger partial charge in [-0.15, -0.1) is 0 Å². The van der Waals surface area contributed by atoms with Crippen molar-refractivity contribution in [3.05, 3.63) is 90.0 Å². The minimum Gasteiger partial charge on any atom is -0.486 e. The topological polar surface area (TPSA) is 84.9 Å². The lowest BCUT2D eigenvalue weighted by Gasteiger charge is -2.24. The molecule has 1 aliphatic rings. The van der Waals surface area contributed by atoms with Gasteiger partial charge in [0.05, 0.1) is 11.4 Å². The van der Waals surface area contributed by atoms with E-state index in [4.69, 9.17) is 9.47 Å². The monoisotopic (exact) mass is 480 g/mol. The molecule has 0 saturated carbocycles. The Bertz CT molecular complexity index is 1200. The van der Waals surface area contributed by atoms with E-state index in [1.165, 1.54) is 16.4 Å². The number of fused-ring (bicyclic) bond motifs is 1. The van der Waals surface area contributed by atoms with Crippen LogP contribution in [0.1, 0.15) is 11.1 Å². The van der Waals surface area contributed by atoms with Crippen molar-refractivity contribution < 1.29 is 22.7 Å². The summed E-state index contributed by atoms with van der Waals surface area (Å²) in [6, 6.07) is 24.0. The number of sulfonamides is 1. The van der Waals surface area contributed by atoms with Crippen LogP contribution >= 0.6 is 0 Å². The van der Waals surface area contributed by atoms with Crippen LogP contribution in [0.25, 0.3) is 0 Å². The van der Waals surface area contributed by atoms with Gasteiger partial charge in [0.15, 0.2) is 11.5 Å². The SMILES string of the molecule is O=C(CN(CCc1ccccc1)S(=O)(=O)c1ccc2c(c1)OCCO2)NCCc1ccccc1. The van der Waals surface area contributed by atoms with Gasteiger partial charge in [0.2, 0.25) is 15.9 Å². The number of amides is 1. The van der Waals surface area contributed by atoms with Gasteiger partial charge in [-0.3, -0.25) is 4.79 Å². The average Bonchev–Trinajstić information content (AvgIpc) is 2.87. The maximum absolute atomic E-state index is 13.5. The van der Waals surface area contributed by atoms with Crippen molar-refractivity contribution in [2.75, 3.05) is 32.8 Å². The molecule has 34 heavy (non-hydrogen) atoms. The molecule has 178 valence electrons. The zero-order valence-electron chi connectivity index (χ0n) is 18.9. The average molecular weight is 481 g/mol. The number of nitrogens with one attached hydrogen (secondary N) is 1. The van der Waals surface area contributed by atoms with Crippen molar-refractivity contribution >= 4 is 15.9 Å². The summed E-state index contributed by atoms with van der Waals surface area (Å²) in [4.78, 5) is 12.8. The Morgan fingerprint density at radius 1 is 0.824 bits per heavy atom. The number of hydrogen-bond donors (Lipinski definition) is 1. The molecule has 4 rings (SSSR count). The van der Waals surface area contributed by atoms with Crippen LogP contribution < -0.4 is 14.8 Å². The highest BCUT2D eigenvalue weighted by molar-refractivity contribution is 7.89. The van der Waals surface area contributed by atoms with Crippen molar-refractivity contribution in [1.82, 2.24) is 9.62 Å². The molecule has 8 heteroatoms. The normalized spacial score (nSPS) is 13.0. The fourth-order valence-electron chi connectivity index (χ4n) is 3.72. The second-order valence-electron chi connectivity index (χ2n) is 7.97. The minimum atomic E-state index is -3.94. The highest BCUT2D eigenvalue weighted by atomic mass is 32.2. The maximum atomic E-state index is 13.5. The Morgan fingerprint density at radius 2 is 1.44 bits per heavy atom. The van der Waals surface area contributed by atoms with Crippen molar-refractivity contribution in [2.45, 2.75) is 17.7 Å². The predicted molar refractivity (Wildman–Crippen MR) is 129 cm³/mol. The molecule has 0 radical (unpaired) electrons. The van der Waals surface area contributed by atoms with Crippen molar-refractivity contribution in [1.29, 1.82) is 0 Å². The van der Waals surface area contributed by atoms with Crippen LogP contribution in [0.3, 0.4) is 0 Å². The molecule has 3 aromatic carbocycles. The van der Waals surface area contributed by atoms with Crippen LogP contribution in [0, 0.1) is 0 Å². The Hall–Kier alpha value is -3.36. The van der Waals surface area contributed by atoms with Crippen LogP contribution in [0.2, 0.25) is 0 Å². The Morgan fingerprint density at radius 3 is 2.12 bits per heavy atom. The first-order chi connectivity index (χ1) is 16.5. The van der Waals surface area contributed by atoms with Gasteiger partial charge in [-0.25, -0.2) is 8.42 Å². The van der Waals surface area contributed by atoms with E-state index in [2.05, 4.69) is 5.32 Å². The lowest BCUT2D eigenvalue weighted by molar-refractivity contribution is -0.121. The molecule has 0 fully saturated rings. The summed E-state index contributed by atoms with van der Waals surface area (Å²) in [5, 5.41) is 2.84. The Kier molecular flexibility index (Phi) is 7.82. The fourth-order valence-corrected chi connectivity index (χ4v) is 5.14. The van der Waals surface area contributed by atoms with Gasteiger partial charge in [0, 0.05) is 19.2 Å². The largest absolute Gasteiger partial charge is 0.486 e. The van der Waals surface area contributed by atoms with Crippen LogP contribution in [-0.2, 0) is 27.7 Å². The third kappa shape index (κ3) is 6.15. The Balaban J connectivity index is 1.47. The molecule has 0 spiro atoms. The molecule has 0 atom stereocenters. The van der Waals surface area contributed by atoms with E-state index in [0.717, 1.165) is 11.1 Å². The van der Waals surface area contributed by atoms with Gasteiger partial charge in [0.1, 0.15) is 13.2 Å². The number of benzene rings is 3. The molecule has 0 bridgehead atoms. The summed E-state index contributed by atoms with van der Waals surface area (Å²) in [6.45, 7) is 1.12. The molecule has 7 nitrogen and oxygen atoms in total. The van der Waals surface area contributed by atoms with E-state index in [9.17, 15) is 13.2 Å². The van der Waals surface area contributed by atoms with Gasteiger partial charge in [-0.05, 0) is 36.1 Å². The third-order valence-electron chi connectivity index (χ3n) is 5.54. The maximum Gasteiger partial charge on any atom is 0.243 e. The molecule has 0 aliphatic carbocycles. The predicted octanol–water partition coefficient (Wildman–Crippen LogP) is 3.05. The number of ether oxygens (including phenoxy) is 2. The molecule has 1 aliphatic heterocycles. The summed E-state index contributed by atoms with van der Waals surface area (Å²) in [5.41, 5.74) is 2.10. The van der Waals surface area contributed by atoms with Crippen LogP contribution in [-0.4, -0.2) is 51.5 Å². The van der Waals surface area contributed by atoms with Gasteiger partial charge in [-0.1, -0.05) is 60.7 Å². The molecule has 1 N–H and O–H groups in total. The number of carbonyl (C=O) groups excluding carboxylic acids is 1. The smallest absolute Gasteiger partial charge is 0.243 e. The molecule has 1 heterocycles. The van der Waals surface area contributed by atoms with E-state index in [0.29, 0.717) is 44.1 Å². The Labute approximate surface area is 200 Å². The van der Waals surface area contributed by atoms with Gasteiger partial charge in [-0.2, -0.15) is 4.31 Å². The highest BCUT2D eigenvalue weighted by Gasteiger charge is 2.28. The summed E-state index contributed by atoms with van der Waals surface area (Å²) >= 11 is 0. The molecule has 0 saturated heterocycles. The molecular formula is C26H28N2O5S. The minimum absolute atomic E-state index is 0.0712.